The maximum atomic E-state index is 6.32. The van der Waals surface area contributed by atoms with E-state index in [1.165, 1.54) is 5.56 Å². The Balaban J connectivity index is 2.02. The van der Waals surface area contributed by atoms with E-state index in [0.29, 0.717) is 0 Å². The van der Waals surface area contributed by atoms with Crippen LogP contribution < -0.4 is 10.5 Å². The minimum Gasteiger partial charge on any atom is -0.493 e. The molecule has 3 rings (SSSR count). The molecule has 1 aromatic carbocycles. The molecule has 0 fully saturated rings. The van der Waals surface area contributed by atoms with E-state index in [1.807, 2.05) is 36.9 Å². The average molecular weight is 243 g/mol. The van der Waals surface area contributed by atoms with Crippen LogP contribution in [0.2, 0.25) is 0 Å². The fourth-order valence-corrected chi connectivity index (χ4v) is 2.39. The second kappa shape index (κ2) is 4.14. The Hall–Kier alpha value is -1.81. The molecule has 2 N–H and O–H groups in total. The molecule has 1 atom stereocenters. The lowest BCUT2D eigenvalue weighted by Gasteiger charge is -2.13. The van der Waals surface area contributed by atoms with E-state index < -0.39 is 0 Å². The van der Waals surface area contributed by atoms with Gasteiger partial charge in [0.05, 0.1) is 18.3 Å². The van der Waals surface area contributed by atoms with Crippen molar-refractivity contribution in [1.29, 1.82) is 0 Å². The van der Waals surface area contributed by atoms with Crippen LogP contribution in [0.1, 0.15) is 28.6 Å². The van der Waals surface area contributed by atoms with Gasteiger partial charge in [0.1, 0.15) is 5.75 Å². The third kappa shape index (κ3) is 1.69. The second-order valence-corrected chi connectivity index (χ2v) is 4.75. The molecule has 4 heteroatoms. The molecule has 18 heavy (non-hydrogen) atoms. The number of para-hydroxylation sites is 1. The van der Waals surface area contributed by atoms with Gasteiger partial charge in [-0.25, -0.2) is 0 Å². The van der Waals surface area contributed by atoms with Gasteiger partial charge < -0.3 is 10.5 Å². The predicted octanol–water partition coefficient (Wildman–Crippen LogP) is 1.71. The third-order valence-corrected chi connectivity index (χ3v) is 3.53. The van der Waals surface area contributed by atoms with Gasteiger partial charge in [-0.1, -0.05) is 18.2 Å². The van der Waals surface area contributed by atoms with Gasteiger partial charge >= 0.3 is 0 Å². The van der Waals surface area contributed by atoms with Crippen molar-refractivity contribution in [1.82, 2.24) is 9.78 Å². The number of fused-ring (bicyclic) bond motifs is 1. The molecule has 0 amide bonds. The van der Waals surface area contributed by atoms with Gasteiger partial charge in [0.2, 0.25) is 0 Å². The minimum absolute atomic E-state index is 0.224. The molecular weight excluding hydrogens is 226 g/mol. The second-order valence-electron chi connectivity index (χ2n) is 4.75. The molecule has 0 aliphatic carbocycles. The summed E-state index contributed by atoms with van der Waals surface area (Å²) >= 11 is 0. The SMILES string of the molecule is Cc1cc(C(N)c2cccc3c2OCC3)nn1C. The van der Waals surface area contributed by atoms with E-state index in [-0.39, 0.29) is 6.04 Å². The molecule has 1 unspecified atom stereocenters. The Morgan fingerprint density at radius 2 is 2.28 bits per heavy atom. The van der Waals surface area contributed by atoms with Gasteiger partial charge in [-0.15, -0.1) is 0 Å². The summed E-state index contributed by atoms with van der Waals surface area (Å²) in [6.07, 6.45) is 0.969. The standard InChI is InChI=1S/C14H17N3O/c1-9-8-12(16-17(9)2)13(15)11-5-3-4-10-6-7-18-14(10)11/h3-5,8,13H,6-7,15H2,1-2H3. The van der Waals surface area contributed by atoms with Gasteiger partial charge in [-0.3, -0.25) is 4.68 Å². The van der Waals surface area contributed by atoms with E-state index in [0.717, 1.165) is 35.7 Å². The van der Waals surface area contributed by atoms with Gasteiger partial charge in [0.15, 0.2) is 0 Å². The maximum Gasteiger partial charge on any atom is 0.127 e. The molecule has 0 bridgehead atoms. The predicted molar refractivity (Wildman–Crippen MR) is 69.6 cm³/mol. The number of ether oxygens (including phenoxy) is 1. The highest BCUT2D eigenvalue weighted by Gasteiger charge is 2.22. The van der Waals surface area contributed by atoms with Gasteiger partial charge in [-0.05, 0) is 18.6 Å². The largest absolute Gasteiger partial charge is 0.493 e. The number of aromatic nitrogens is 2. The summed E-state index contributed by atoms with van der Waals surface area (Å²) in [7, 11) is 1.93. The van der Waals surface area contributed by atoms with Crippen LogP contribution in [0.15, 0.2) is 24.3 Å². The molecule has 2 heterocycles. The first-order valence-corrected chi connectivity index (χ1v) is 6.17. The van der Waals surface area contributed by atoms with Crippen LogP contribution in [-0.4, -0.2) is 16.4 Å². The van der Waals surface area contributed by atoms with E-state index >= 15 is 0 Å². The number of hydrogen-bond donors (Lipinski definition) is 1. The quantitative estimate of drug-likeness (QED) is 0.873. The molecule has 94 valence electrons. The summed E-state index contributed by atoms with van der Waals surface area (Å²) in [5.74, 6) is 0.952. The Morgan fingerprint density at radius 3 is 3.00 bits per heavy atom. The van der Waals surface area contributed by atoms with E-state index in [2.05, 4.69) is 11.2 Å². The lowest BCUT2D eigenvalue weighted by atomic mass is 10.0. The smallest absolute Gasteiger partial charge is 0.127 e. The van der Waals surface area contributed by atoms with Crippen molar-refractivity contribution in [2.45, 2.75) is 19.4 Å². The summed E-state index contributed by atoms with van der Waals surface area (Å²) in [5.41, 5.74) is 10.6. The summed E-state index contributed by atoms with van der Waals surface area (Å²) < 4.78 is 7.54. The van der Waals surface area contributed by atoms with Gasteiger partial charge in [0, 0.05) is 24.7 Å². The van der Waals surface area contributed by atoms with E-state index in [1.54, 1.807) is 0 Å². The molecule has 1 aliphatic heterocycles. The van der Waals surface area contributed by atoms with Crippen molar-refractivity contribution < 1.29 is 4.74 Å². The first kappa shape index (κ1) is 11.3. The molecule has 0 saturated carbocycles. The van der Waals surface area contributed by atoms with Crippen LogP contribution >= 0.6 is 0 Å². The number of nitrogens with zero attached hydrogens (tertiary/aromatic N) is 2. The van der Waals surface area contributed by atoms with Crippen LogP contribution in [0.25, 0.3) is 0 Å². The lowest BCUT2D eigenvalue weighted by molar-refractivity contribution is 0.352. The zero-order chi connectivity index (χ0) is 12.7. The molecule has 2 aromatic rings. The molecule has 0 radical (unpaired) electrons. The minimum atomic E-state index is -0.224. The number of benzene rings is 1. The zero-order valence-corrected chi connectivity index (χ0v) is 10.7. The van der Waals surface area contributed by atoms with Crippen LogP contribution in [0.4, 0.5) is 0 Å². The summed E-state index contributed by atoms with van der Waals surface area (Å²) in [4.78, 5) is 0. The molecular formula is C14H17N3O. The normalized spacial score (nSPS) is 15.3. The Bertz CT molecular complexity index is 569. The van der Waals surface area contributed by atoms with E-state index in [4.69, 9.17) is 10.5 Å². The molecule has 0 saturated heterocycles. The third-order valence-electron chi connectivity index (χ3n) is 3.53. The topological polar surface area (TPSA) is 53.1 Å². The lowest BCUT2D eigenvalue weighted by Crippen LogP contribution is -2.14. The highest BCUT2D eigenvalue weighted by Crippen LogP contribution is 2.34. The van der Waals surface area contributed by atoms with Crippen molar-refractivity contribution in [2.75, 3.05) is 6.61 Å². The van der Waals surface area contributed by atoms with Crippen LogP contribution in [-0.2, 0) is 13.5 Å². The number of nitrogens with two attached hydrogens (primary N) is 1. The Kier molecular flexibility index (Phi) is 2.59. The first-order valence-electron chi connectivity index (χ1n) is 6.17. The monoisotopic (exact) mass is 243 g/mol. The maximum absolute atomic E-state index is 6.32. The molecule has 4 nitrogen and oxygen atoms in total. The fourth-order valence-electron chi connectivity index (χ4n) is 2.39. The highest BCUT2D eigenvalue weighted by atomic mass is 16.5. The summed E-state index contributed by atoms with van der Waals surface area (Å²) in [5, 5.41) is 4.45. The number of rotatable bonds is 2. The molecule has 1 aliphatic rings. The molecule has 1 aromatic heterocycles. The van der Waals surface area contributed by atoms with Crippen molar-refractivity contribution in [3.05, 3.63) is 46.8 Å². The average Bonchev–Trinajstić information content (AvgIpc) is 2.95. The zero-order valence-electron chi connectivity index (χ0n) is 10.7. The van der Waals surface area contributed by atoms with Gasteiger partial charge in [0.25, 0.3) is 0 Å². The number of hydrogen-bond acceptors (Lipinski definition) is 3. The Labute approximate surface area is 106 Å². The van der Waals surface area contributed by atoms with Crippen molar-refractivity contribution in [2.24, 2.45) is 12.8 Å². The Morgan fingerprint density at radius 1 is 1.44 bits per heavy atom. The summed E-state index contributed by atoms with van der Waals surface area (Å²) in [6.45, 7) is 2.77. The molecule has 0 spiro atoms. The summed E-state index contributed by atoms with van der Waals surface area (Å²) in [6, 6.07) is 7.97. The van der Waals surface area contributed by atoms with Gasteiger partial charge in [-0.2, -0.15) is 5.10 Å². The van der Waals surface area contributed by atoms with Crippen LogP contribution in [0.5, 0.6) is 5.75 Å². The van der Waals surface area contributed by atoms with Crippen LogP contribution in [0.3, 0.4) is 0 Å². The van der Waals surface area contributed by atoms with E-state index in [9.17, 15) is 0 Å². The van der Waals surface area contributed by atoms with Crippen molar-refractivity contribution >= 4 is 0 Å². The van der Waals surface area contributed by atoms with Crippen molar-refractivity contribution in [3.63, 3.8) is 0 Å². The van der Waals surface area contributed by atoms with Crippen LogP contribution in [0, 0.1) is 6.92 Å². The fraction of sp³-hybridized carbons (Fsp3) is 0.357. The first-order chi connectivity index (χ1) is 8.66. The highest BCUT2D eigenvalue weighted by molar-refractivity contribution is 5.47. The van der Waals surface area contributed by atoms with Crippen molar-refractivity contribution in [3.8, 4) is 5.75 Å². The number of aryl methyl sites for hydroxylation is 2.